The molecule has 1 aliphatic heterocycles. The van der Waals surface area contributed by atoms with Gasteiger partial charge in [-0.15, -0.1) is 11.8 Å². The van der Waals surface area contributed by atoms with Crippen LogP contribution in [0.3, 0.4) is 0 Å². The predicted molar refractivity (Wildman–Crippen MR) is 146 cm³/mol. The molecule has 0 unspecified atom stereocenters. The van der Waals surface area contributed by atoms with Crippen molar-refractivity contribution in [3.8, 4) is 0 Å². The number of carbonyl (C=O) groups is 1. The molecule has 0 spiro atoms. The molecule has 35 heavy (non-hydrogen) atoms. The minimum Gasteiger partial charge on any atom is -0.355 e. The SMILES string of the molecule is Cc1cccc(CN2CCC(CNC(=O)CSc3c4c(nc5ccc(Cl)cc35)CCCC4)CC2)c1. The average molecular weight is 508 g/mol. The van der Waals surface area contributed by atoms with Crippen LogP contribution in [0.5, 0.6) is 0 Å². The van der Waals surface area contributed by atoms with Gasteiger partial charge in [0, 0.05) is 34.1 Å². The number of pyridine rings is 1. The Morgan fingerprint density at radius 3 is 2.80 bits per heavy atom. The number of nitrogens with zero attached hydrogens (tertiary/aromatic N) is 2. The van der Waals surface area contributed by atoms with Gasteiger partial charge < -0.3 is 5.32 Å². The lowest BCUT2D eigenvalue weighted by Gasteiger charge is -2.32. The summed E-state index contributed by atoms with van der Waals surface area (Å²) in [7, 11) is 0. The molecule has 1 aliphatic carbocycles. The number of rotatable bonds is 7. The van der Waals surface area contributed by atoms with Crippen LogP contribution in [0, 0.1) is 12.8 Å². The number of nitrogens with one attached hydrogen (secondary N) is 1. The second kappa shape index (κ2) is 11.3. The van der Waals surface area contributed by atoms with E-state index in [1.165, 1.54) is 40.1 Å². The van der Waals surface area contributed by atoms with E-state index >= 15 is 0 Å². The summed E-state index contributed by atoms with van der Waals surface area (Å²) < 4.78 is 0. The summed E-state index contributed by atoms with van der Waals surface area (Å²) >= 11 is 7.97. The van der Waals surface area contributed by atoms with Gasteiger partial charge in [0.2, 0.25) is 5.91 Å². The Morgan fingerprint density at radius 2 is 1.97 bits per heavy atom. The monoisotopic (exact) mass is 507 g/mol. The van der Waals surface area contributed by atoms with Gasteiger partial charge in [-0.05, 0) is 93.8 Å². The number of halogens is 1. The number of piperidine rings is 1. The Hall–Kier alpha value is -2.08. The fourth-order valence-corrected chi connectivity index (χ4v) is 6.64. The number of aromatic nitrogens is 1. The fourth-order valence-electron chi connectivity index (χ4n) is 5.38. The van der Waals surface area contributed by atoms with Crippen LogP contribution in [0.15, 0.2) is 47.4 Å². The lowest BCUT2D eigenvalue weighted by Crippen LogP contribution is -2.38. The van der Waals surface area contributed by atoms with Crippen molar-refractivity contribution in [2.45, 2.75) is 56.9 Å². The minimum absolute atomic E-state index is 0.119. The maximum absolute atomic E-state index is 12.8. The van der Waals surface area contributed by atoms with E-state index in [2.05, 4.69) is 41.4 Å². The quantitative estimate of drug-likeness (QED) is 0.387. The first-order chi connectivity index (χ1) is 17.0. The average Bonchev–Trinajstić information content (AvgIpc) is 2.86. The van der Waals surface area contributed by atoms with Crippen LogP contribution in [0.25, 0.3) is 10.9 Å². The number of hydrogen-bond acceptors (Lipinski definition) is 4. The van der Waals surface area contributed by atoms with Crippen LogP contribution in [0.1, 0.15) is 48.1 Å². The van der Waals surface area contributed by atoms with Crippen LogP contribution in [-0.4, -0.2) is 41.2 Å². The highest BCUT2D eigenvalue weighted by atomic mass is 35.5. The Kier molecular flexibility index (Phi) is 7.96. The van der Waals surface area contributed by atoms with Gasteiger partial charge in [0.25, 0.3) is 0 Å². The van der Waals surface area contributed by atoms with Gasteiger partial charge in [0.05, 0.1) is 11.3 Å². The Labute approximate surface area is 217 Å². The van der Waals surface area contributed by atoms with Crippen LogP contribution >= 0.6 is 23.4 Å². The highest BCUT2D eigenvalue weighted by Gasteiger charge is 2.22. The van der Waals surface area contributed by atoms with Gasteiger partial charge in [0.1, 0.15) is 0 Å². The molecule has 0 bridgehead atoms. The van der Waals surface area contributed by atoms with Crippen LogP contribution in [0.4, 0.5) is 0 Å². The lowest BCUT2D eigenvalue weighted by atomic mass is 9.94. The number of thioether (sulfide) groups is 1. The maximum Gasteiger partial charge on any atom is 0.230 e. The van der Waals surface area contributed by atoms with E-state index in [0.717, 1.165) is 67.8 Å². The van der Waals surface area contributed by atoms with Crippen molar-refractivity contribution in [2.24, 2.45) is 5.92 Å². The standard InChI is InChI=1S/C29H34ClN3OS/c1-20-5-4-6-22(15-20)18-33-13-11-21(12-14-33)17-31-28(34)19-35-29-24-7-2-3-8-26(24)32-27-10-9-23(30)16-25(27)29/h4-6,9-10,15-16,21H,2-3,7-8,11-14,17-19H2,1H3,(H,31,34). The van der Waals surface area contributed by atoms with Crippen molar-refractivity contribution >= 4 is 40.2 Å². The molecule has 6 heteroatoms. The number of benzene rings is 2. The van der Waals surface area contributed by atoms with Crippen molar-refractivity contribution < 1.29 is 4.79 Å². The Morgan fingerprint density at radius 1 is 1.14 bits per heavy atom. The summed E-state index contributed by atoms with van der Waals surface area (Å²) in [5.41, 5.74) is 6.22. The number of aryl methyl sites for hydroxylation is 2. The lowest BCUT2D eigenvalue weighted by molar-refractivity contribution is -0.118. The number of likely N-dealkylation sites (tertiary alicyclic amines) is 1. The zero-order chi connectivity index (χ0) is 24.2. The van der Waals surface area contributed by atoms with Crippen molar-refractivity contribution in [1.29, 1.82) is 0 Å². The van der Waals surface area contributed by atoms with E-state index in [1.807, 2.05) is 18.2 Å². The molecule has 1 amide bonds. The van der Waals surface area contributed by atoms with E-state index in [1.54, 1.807) is 11.8 Å². The number of carbonyl (C=O) groups excluding carboxylic acids is 1. The van der Waals surface area contributed by atoms with Crippen molar-refractivity contribution in [3.05, 3.63) is 69.9 Å². The molecule has 4 nitrogen and oxygen atoms in total. The van der Waals surface area contributed by atoms with E-state index in [9.17, 15) is 4.79 Å². The first-order valence-electron chi connectivity index (χ1n) is 12.8. The zero-order valence-corrected chi connectivity index (χ0v) is 22.1. The van der Waals surface area contributed by atoms with Crippen LogP contribution < -0.4 is 5.32 Å². The van der Waals surface area contributed by atoms with Gasteiger partial charge in [0.15, 0.2) is 0 Å². The second-order valence-corrected chi connectivity index (χ2v) is 11.5. The van der Waals surface area contributed by atoms with Gasteiger partial charge in [-0.2, -0.15) is 0 Å². The van der Waals surface area contributed by atoms with Crippen molar-refractivity contribution in [1.82, 2.24) is 15.2 Å². The third-order valence-corrected chi connectivity index (χ3v) is 8.70. The largest absolute Gasteiger partial charge is 0.355 e. The topological polar surface area (TPSA) is 45.2 Å². The molecule has 1 saturated heterocycles. The van der Waals surface area contributed by atoms with Gasteiger partial charge in [-0.3, -0.25) is 14.7 Å². The molecule has 1 aromatic heterocycles. The third-order valence-electron chi connectivity index (χ3n) is 7.30. The molecule has 2 aliphatic rings. The highest BCUT2D eigenvalue weighted by Crippen LogP contribution is 2.37. The number of amides is 1. The second-order valence-electron chi connectivity index (χ2n) is 10.0. The molecule has 3 aromatic rings. The van der Waals surface area contributed by atoms with Crippen LogP contribution in [-0.2, 0) is 24.2 Å². The van der Waals surface area contributed by atoms with E-state index in [-0.39, 0.29) is 5.91 Å². The summed E-state index contributed by atoms with van der Waals surface area (Å²) in [6, 6.07) is 14.7. The van der Waals surface area contributed by atoms with Crippen molar-refractivity contribution in [2.75, 3.05) is 25.4 Å². The molecule has 1 N–H and O–H groups in total. The molecule has 5 rings (SSSR count). The Balaban J connectivity index is 1.13. The molecule has 0 atom stereocenters. The molecule has 1 fully saturated rings. The Bertz CT molecular complexity index is 1210. The molecular weight excluding hydrogens is 474 g/mol. The summed E-state index contributed by atoms with van der Waals surface area (Å²) in [6.45, 7) is 6.14. The summed E-state index contributed by atoms with van der Waals surface area (Å²) in [6.07, 6.45) is 6.71. The van der Waals surface area contributed by atoms with Gasteiger partial charge in [-0.1, -0.05) is 41.4 Å². The molecule has 184 valence electrons. The minimum atomic E-state index is 0.119. The van der Waals surface area contributed by atoms with Gasteiger partial charge >= 0.3 is 0 Å². The molecular formula is C29H34ClN3OS. The van der Waals surface area contributed by atoms with Crippen molar-refractivity contribution in [3.63, 3.8) is 0 Å². The summed E-state index contributed by atoms with van der Waals surface area (Å²) in [5, 5.41) is 5.01. The first-order valence-corrected chi connectivity index (χ1v) is 14.2. The van der Waals surface area contributed by atoms with E-state index in [0.29, 0.717) is 11.7 Å². The zero-order valence-electron chi connectivity index (χ0n) is 20.5. The van der Waals surface area contributed by atoms with Crippen LogP contribution in [0.2, 0.25) is 5.02 Å². The molecule has 2 aromatic carbocycles. The fraction of sp³-hybridized carbons (Fsp3) is 0.448. The highest BCUT2D eigenvalue weighted by molar-refractivity contribution is 8.00. The number of hydrogen-bond donors (Lipinski definition) is 1. The molecule has 0 saturated carbocycles. The maximum atomic E-state index is 12.8. The third kappa shape index (κ3) is 6.19. The first kappa shape index (κ1) is 24.6. The van der Waals surface area contributed by atoms with Gasteiger partial charge in [-0.25, -0.2) is 0 Å². The smallest absolute Gasteiger partial charge is 0.230 e. The van der Waals surface area contributed by atoms with E-state index in [4.69, 9.17) is 16.6 Å². The molecule has 0 radical (unpaired) electrons. The normalized spacial score (nSPS) is 16.9. The number of fused-ring (bicyclic) bond motifs is 2. The summed E-state index contributed by atoms with van der Waals surface area (Å²) in [5.74, 6) is 1.12. The predicted octanol–water partition coefficient (Wildman–Crippen LogP) is 6.20. The van der Waals surface area contributed by atoms with E-state index < -0.39 is 0 Å². The molecule has 2 heterocycles. The summed E-state index contributed by atoms with van der Waals surface area (Å²) in [4.78, 5) is 21.4.